The van der Waals surface area contributed by atoms with Gasteiger partial charge in [-0.05, 0) is 65.4 Å². The number of hydrogen-bond donors (Lipinski definition) is 7. The summed E-state index contributed by atoms with van der Waals surface area (Å²) in [6.07, 6.45) is -4.59. The molecule has 1 aromatic heterocycles. The van der Waals surface area contributed by atoms with Gasteiger partial charge >= 0.3 is 0 Å². The minimum Gasteiger partial charge on any atom is -0.394 e. The molecule has 49 heavy (non-hydrogen) atoms. The van der Waals surface area contributed by atoms with E-state index in [-0.39, 0.29) is 32.0 Å². The number of rotatable bonds is 3. The van der Waals surface area contributed by atoms with Crippen LogP contribution in [0.3, 0.4) is 0 Å². The van der Waals surface area contributed by atoms with Gasteiger partial charge in [-0.2, -0.15) is 5.10 Å². The van der Waals surface area contributed by atoms with E-state index >= 15 is 0 Å². The number of aliphatic hydroxyl groups is 6. The highest BCUT2D eigenvalue weighted by atomic mass is 16.5. The van der Waals surface area contributed by atoms with Crippen LogP contribution in [0.4, 0.5) is 0 Å². The van der Waals surface area contributed by atoms with Crippen molar-refractivity contribution in [1.29, 1.82) is 0 Å². The lowest BCUT2D eigenvalue weighted by Gasteiger charge is -2.41. The quantitative estimate of drug-likeness (QED) is 0.188. The van der Waals surface area contributed by atoms with Gasteiger partial charge in [0.15, 0.2) is 0 Å². The summed E-state index contributed by atoms with van der Waals surface area (Å²) < 4.78 is 11.4. The van der Waals surface area contributed by atoms with Crippen molar-refractivity contribution in [2.45, 2.75) is 79.9 Å². The zero-order valence-electron chi connectivity index (χ0n) is 26.7. The van der Waals surface area contributed by atoms with Crippen LogP contribution in [0.25, 0.3) is 11.1 Å². The van der Waals surface area contributed by atoms with Gasteiger partial charge in [0.05, 0.1) is 37.6 Å². The summed E-state index contributed by atoms with van der Waals surface area (Å²) in [6, 6.07) is 13.6. The zero-order valence-corrected chi connectivity index (χ0v) is 26.7. The average molecular weight is 670 g/mol. The number of aromatic amines is 1. The molecule has 0 bridgehead atoms. The summed E-state index contributed by atoms with van der Waals surface area (Å²) in [5, 5.41) is 67.3. The molecule has 1 spiro atoms. The molecule has 3 aromatic rings. The first-order chi connectivity index (χ1) is 23.7. The maximum absolute atomic E-state index is 13.2. The van der Waals surface area contributed by atoms with Crippen molar-refractivity contribution in [3.63, 3.8) is 0 Å². The van der Waals surface area contributed by atoms with Crippen molar-refractivity contribution >= 4 is 5.91 Å². The molecule has 0 saturated carbocycles. The molecule has 2 aromatic carbocycles. The molecule has 7 N–H and O–H groups in total. The topological polar surface area (TPSA) is 189 Å². The Bertz CT molecular complexity index is 1710. The van der Waals surface area contributed by atoms with Crippen molar-refractivity contribution in [2.75, 3.05) is 26.3 Å². The average Bonchev–Trinajstić information content (AvgIpc) is 3.75. The number of benzene rings is 2. The minimum absolute atomic E-state index is 0.117. The maximum Gasteiger partial charge on any atom is 0.271 e. The summed E-state index contributed by atoms with van der Waals surface area (Å²) in [4.78, 5) is 15.0. The number of fused-ring (bicyclic) bond motifs is 5. The first-order valence-electron chi connectivity index (χ1n) is 16.6. The van der Waals surface area contributed by atoms with Gasteiger partial charge in [-0.1, -0.05) is 35.8 Å². The molecule has 3 saturated heterocycles. The van der Waals surface area contributed by atoms with Crippen LogP contribution in [-0.2, 0) is 14.9 Å². The van der Waals surface area contributed by atoms with Crippen molar-refractivity contribution in [3.8, 4) is 34.8 Å². The van der Waals surface area contributed by atoms with Gasteiger partial charge in [-0.3, -0.25) is 9.89 Å². The number of amides is 1. The van der Waals surface area contributed by atoms with E-state index in [1.165, 1.54) is 0 Å². The number of likely N-dealkylation sites (tertiary alicyclic amines) is 1. The molecule has 7 rings (SSSR count). The summed E-state index contributed by atoms with van der Waals surface area (Å²) in [5.41, 5.74) is 5.55. The van der Waals surface area contributed by atoms with Gasteiger partial charge < -0.3 is 45.0 Å². The molecule has 1 amide bonds. The second-order valence-electron chi connectivity index (χ2n) is 13.2. The van der Waals surface area contributed by atoms with Gasteiger partial charge in [0.25, 0.3) is 5.91 Å². The summed E-state index contributed by atoms with van der Waals surface area (Å²) in [6.45, 7) is 0.418. The lowest BCUT2D eigenvalue weighted by atomic mass is 9.70. The Kier molecular flexibility index (Phi) is 9.33. The number of hydrogen-bond acceptors (Lipinski definition) is 10. The van der Waals surface area contributed by atoms with Gasteiger partial charge in [-0.25, -0.2) is 0 Å². The maximum atomic E-state index is 13.2. The van der Waals surface area contributed by atoms with E-state index in [9.17, 15) is 35.4 Å². The number of piperidine rings is 1. The molecular weight excluding hydrogens is 630 g/mol. The molecular formula is C37H39N3O9. The third kappa shape index (κ3) is 6.27. The number of nitrogens with one attached hydrogen (secondary N) is 1. The first kappa shape index (κ1) is 33.4. The number of H-pyrrole nitrogens is 1. The third-order valence-corrected chi connectivity index (χ3v) is 10.2. The second-order valence-corrected chi connectivity index (χ2v) is 13.2. The van der Waals surface area contributed by atoms with E-state index in [1.807, 2.05) is 41.3 Å². The standard InChI is InChI=1S/C37H39N3O9/c41-19-23-17-30(43)34(45)32(48-23)7-3-21-1-5-25-26-6-2-22(4-8-33-35(46)31(44)18-24(20-42)49-33)16-28(26)37(27(25)15-21)10-13-40(14-11-37)36(47)29-9-12-38-39-29/h1-2,5-6,9,12,15-16,23-24,30-35,41-46H,10-11,13-14,17-20H2,(H,38,39). The Labute approximate surface area is 283 Å². The van der Waals surface area contributed by atoms with E-state index < -0.39 is 54.2 Å². The molecule has 4 aliphatic rings. The van der Waals surface area contributed by atoms with Crippen molar-refractivity contribution < 1.29 is 44.9 Å². The number of ether oxygens (including phenoxy) is 2. The largest absolute Gasteiger partial charge is 0.394 e. The molecule has 3 fully saturated rings. The molecule has 8 atom stereocenters. The third-order valence-electron chi connectivity index (χ3n) is 10.2. The molecule has 1 aliphatic carbocycles. The number of carbonyl (C=O) groups excluding carboxylic acids is 1. The SMILES string of the molecule is O=C(c1ccn[nH]1)N1CCC2(CC1)c1cc(C#CC3OC(CO)CC(O)C3O)ccc1-c1ccc(C#CC3OC(CO)CC(O)C3O)cc12. The Morgan fingerprint density at radius 2 is 1.33 bits per heavy atom. The number of aliphatic hydroxyl groups excluding tert-OH is 6. The van der Waals surface area contributed by atoms with Crippen LogP contribution in [0.2, 0.25) is 0 Å². The van der Waals surface area contributed by atoms with Gasteiger partial charge in [0.1, 0.15) is 30.1 Å². The van der Waals surface area contributed by atoms with Crippen molar-refractivity contribution in [3.05, 3.63) is 76.6 Å². The van der Waals surface area contributed by atoms with Gasteiger partial charge in [0.2, 0.25) is 0 Å². The number of aromatic nitrogens is 2. The molecule has 12 heteroatoms. The predicted octanol–water partition coefficient (Wildman–Crippen LogP) is 0.0586. The predicted molar refractivity (Wildman–Crippen MR) is 175 cm³/mol. The van der Waals surface area contributed by atoms with Gasteiger partial charge in [-0.15, -0.1) is 0 Å². The van der Waals surface area contributed by atoms with Crippen LogP contribution in [-0.4, -0.2) is 127 Å². The Morgan fingerprint density at radius 1 is 0.816 bits per heavy atom. The molecule has 4 heterocycles. The summed E-state index contributed by atoms with van der Waals surface area (Å²) in [7, 11) is 0. The highest BCUT2D eigenvalue weighted by molar-refractivity contribution is 5.92. The Morgan fingerprint density at radius 3 is 1.78 bits per heavy atom. The van der Waals surface area contributed by atoms with Crippen LogP contribution in [0.15, 0.2) is 48.7 Å². The molecule has 0 radical (unpaired) electrons. The fraction of sp³-hybridized carbons (Fsp3) is 0.459. The number of carbonyl (C=O) groups is 1. The van der Waals surface area contributed by atoms with E-state index in [0.29, 0.717) is 42.8 Å². The summed E-state index contributed by atoms with van der Waals surface area (Å²) in [5.74, 6) is 12.0. The highest BCUT2D eigenvalue weighted by Crippen LogP contribution is 2.54. The Balaban J connectivity index is 1.22. The van der Waals surface area contributed by atoms with E-state index in [2.05, 4.69) is 33.9 Å². The van der Waals surface area contributed by atoms with Crippen LogP contribution in [0.1, 0.15) is 58.4 Å². The molecule has 8 unspecified atom stereocenters. The fourth-order valence-electron chi connectivity index (χ4n) is 7.52. The van der Waals surface area contributed by atoms with Crippen LogP contribution >= 0.6 is 0 Å². The van der Waals surface area contributed by atoms with Crippen molar-refractivity contribution in [1.82, 2.24) is 15.1 Å². The fourth-order valence-corrected chi connectivity index (χ4v) is 7.52. The van der Waals surface area contributed by atoms with Gasteiger partial charge in [0, 0.05) is 48.7 Å². The smallest absolute Gasteiger partial charge is 0.271 e. The summed E-state index contributed by atoms with van der Waals surface area (Å²) >= 11 is 0. The Hall–Kier alpha value is -4.08. The number of nitrogens with zero attached hydrogens (tertiary/aromatic N) is 2. The van der Waals surface area contributed by atoms with E-state index in [4.69, 9.17) is 9.47 Å². The lowest BCUT2D eigenvalue weighted by Crippen LogP contribution is -2.48. The van der Waals surface area contributed by atoms with Crippen LogP contribution in [0.5, 0.6) is 0 Å². The first-order valence-corrected chi connectivity index (χ1v) is 16.6. The lowest BCUT2D eigenvalue weighted by molar-refractivity contribution is -0.157. The zero-order chi connectivity index (χ0) is 34.3. The monoisotopic (exact) mass is 669 g/mol. The molecule has 256 valence electrons. The minimum atomic E-state index is -1.20. The second kappa shape index (κ2) is 13.7. The normalized spacial score (nSPS) is 30.0. The highest BCUT2D eigenvalue weighted by Gasteiger charge is 2.46. The van der Waals surface area contributed by atoms with Crippen LogP contribution < -0.4 is 0 Å². The molecule has 12 nitrogen and oxygen atoms in total. The molecule has 3 aliphatic heterocycles. The van der Waals surface area contributed by atoms with E-state index in [1.54, 1.807) is 12.3 Å². The van der Waals surface area contributed by atoms with Crippen molar-refractivity contribution in [2.24, 2.45) is 0 Å². The van der Waals surface area contributed by atoms with E-state index in [0.717, 1.165) is 22.3 Å². The van der Waals surface area contributed by atoms with Crippen LogP contribution in [0, 0.1) is 23.7 Å².